The molecule has 2 aliphatic rings. The third kappa shape index (κ3) is 2.17. The number of carbonyl (C=O) groups is 1. The summed E-state index contributed by atoms with van der Waals surface area (Å²) in [6, 6.07) is 1.96. The quantitative estimate of drug-likeness (QED) is 0.907. The number of benzene rings is 1. The Hall–Kier alpha value is -1.71. The van der Waals surface area contributed by atoms with Gasteiger partial charge in [-0.1, -0.05) is 19.3 Å². The van der Waals surface area contributed by atoms with Gasteiger partial charge in [0, 0.05) is 5.56 Å². The fourth-order valence-corrected chi connectivity index (χ4v) is 3.71. The summed E-state index contributed by atoms with van der Waals surface area (Å²) in [5, 5.41) is 9.96. The van der Waals surface area contributed by atoms with E-state index in [9.17, 15) is 9.90 Å². The van der Waals surface area contributed by atoms with E-state index in [-0.39, 0.29) is 0 Å². The van der Waals surface area contributed by atoms with Gasteiger partial charge in [0.1, 0.15) is 13.2 Å². The molecule has 1 aromatic carbocycles. The van der Waals surface area contributed by atoms with E-state index in [1.807, 2.05) is 19.9 Å². The highest BCUT2D eigenvalue weighted by molar-refractivity contribution is 5.84. The minimum atomic E-state index is -0.820. The van der Waals surface area contributed by atoms with E-state index in [0.29, 0.717) is 37.6 Å². The van der Waals surface area contributed by atoms with E-state index in [1.165, 1.54) is 0 Å². The van der Waals surface area contributed by atoms with Crippen molar-refractivity contribution in [1.29, 1.82) is 0 Å². The van der Waals surface area contributed by atoms with Crippen molar-refractivity contribution in [3.63, 3.8) is 0 Å². The normalized spacial score (nSPS) is 20.1. The van der Waals surface area contributed by atoms with Crippen molar-refractivity contribution in [3.8, 4) is 11.5 Å². The van der Waals surface area contributed by atoms with Crippen LogP contribution in [0.25, 0.3) is 0 Å². The molecule has 1 aromatic rings. The van der Waals surface area contributed by atoms with E-state index < -0.39 is 11.4 Å². The van der Waals surface area contributed by atoms with Crippen LogP contribution in [-0.4, -0.2) is 24.3 Å². The highest BCUT2D eigenvalue weighted by atomic mass is 16.6. The van der Waals surface area contributed by atoms with Crippen LogP contribution in [-0.2, 0) is 10.2 Å². The predicted molar refractivity (Wildman–Crippen MR) is 79.3 cm³/mol. The fourth-order valence-electron chi connectivity index (χ4n) is 3.71. The number of fused-ring (bicyclic) bond motifs is 1. The first-order chi connectivity index (χ1) is 10.1. The van der Waals surface area contributed by atoms with Gasteiger partial charge in [-0.3, -0.25) is 4.79 Å². The maximum absolute atomic E-state index is 12.1. The number of aliphatic carboxylic acids is 1. The van der Waals surface area contributed by atoms with E-state index in [4.69, 9.17) is 9.47 Å². The first-order valence-corrected chi connectivity index (χ1v) is 7.70. The van der Waals surface area contributed by atoms with Gasteiger partial charge in [-0.2, -0.15) is 0 Å². The lowest BCUT2D eigenvalue weighted by atomic mass is 9.67. The molecule has 1 fully saturated rings. The highest BCUT2D eigenvalue weighted by Crippen LogP contribution is 2.49. The molecular formula is C17H22O4. The van der Waals surface area contributed by atoms with E-state index in [2.05, 4.69) is 0 Å². The molecule has 0 radical (unpaired) electrons. The maximum atomic E-state index is 12.1. The lowest BCUT2D eigenvalue weighted by Gasteiger charge is -2.37. The van der Waals surface area contributed by atoms with Gasteiger partial charge in [-0.15, -0.1) is 0 Å². The average molecular weight is 290 g/mol. The average Bonchev–Trinajstić information content (AvgIpc) is 2.49. The molecule has 114 valence electrons. The molecule has 1 heterocycles. The Labute approximate surface area is 125 Å². The van der Waals surface area contributed by atoms with Crippen LogP contribution in [0, 0.1) is 13.8 Å². The molecule has 4 nitrogen and oxygen atoms in total. The molecular weight excluding hydrogens is 268 g/mol. The van der Waals surface area contributed by atoms with Crippen molar-refractivity contribution < 1.29 is 19.4 Å². The number of ether oxygens (including phenoxy) is 2. The predicted octanol–water partition coefficient (Wildman–Crippen LogP) is 3.36. The summed E-state index contributed by atoms with van der Waals surface area (Å²) in [6.07, 6.45) is 4.38. The van der Waals surface area contributed by atoms with Crippen LogP contribution in [0.2, 0.25) is 0 Å². The summed E-state index contributed by atoms with van der Waals surface area (Å²) in [6.45, 7) is 5.02. The minimum absolute atomic E-state index is 0.484. The van der Waals surface area contributed by atoms with Crippen molar-refractivity contribution in [2.75, 3.05) is 13.2 Å². The summed E-state index contributed by atoms with van der Waals surface area (Å²) in [4.78, 5) is 12.1. The number of rotatable bonds is 2. The Morgan fingerprint density at radius 3 is 2.48 bits per heavy atom. The number of aryl methyl sites for hydroxylation is 1. The number of carboxylic acids is 1. The molecule has 1 N–H and O–H groups in total. The van der Waals surface area contributed by atoms with Gasteiger partial charge < -0.3 is 14.6 Å². The van der Waals surface area contributed by atoms with E-state index in [0.717, 1.165) is 36.0 Å². The van der Waals surface area contributed by atoms with Crippen molar-refractivity contribution >= 4 is 5.97 Å². The Morgan fingerprint density at radius 1 is 1.14 bits per heavy atom. The molecule has 0 unspecified atom stereocenters. The molecule has 0 amide bonds. The fraction of sp³-hybridized carbons (Fsp3) is 0.588. The molecule has 1 saturated carbocycles. The summed E-state index contributed by atoms with van der Waals surface area (Å²) in [5.74, 6) is 0.631. The molecule has 4 heteroatoms. The maximum Gasteiger partial charge on any atom is 0.314 e. The second-order valence-corrected chi connectivity index (χ2v) is 6.17. The number of hydrogen-bond acceptors (Lipinski definition) is 3. The molecule has 0 spiro atoms. The second kappa shape index (κ2) is 5.24. The Morgan fingerprint density at radius 2 is 1.81 bits per heavy atom. The molecule has 21 heavy (non-hydrogen) atoms. The van der Waals surface area contributed by atoms with Gasteiger partial charge in [0.15, 0.2) is 11.5 Å². The Kier molecular flexibility index (Phi) is 3.56. The highest BCUT2D eigenvalue weighted by Gasteiger charge is 2.45. The van der Waals surface area contributed by atoms with E-state index in [1.54, 1.807) is 0 Å². The smallest absolute Gasteiger partial charge is 0.314 e. The van der Waals surface area contributed by atoms with Crippen molar-refractivity contribution in [2.45, 2.75) is 51.4 Å². The summed E-state index contributed by atoms with van der Waals surface area (Å²) in [7, 11) is 0. The van der Waals surface area contributed by atoms with Crippen molar-refractivity contribution in [2.24, 2.45) is 0 Å². The zero-order valence-electron chi connectivity index (χ0n) is 12.7. The summed E-state index contributed by atoms with van der Waals surface area (Å²) < 4.78 is 11.5. The third-order valence-corrected chi connectivity index (χ3v) is 4.95. The zero-order chi connectivity index (χ0) is 15.0. The van der Waals surface area contributed by atoms with Crippen molar-refractivity contribution in [1.82, 2.24) is 0 Å². The topological polar surface area (TPSA) is 55.8 Å². The molecule has 3 rings (SSSR count). The van der Waals surface area contributed by atoms with E-state index >= 15 is 0 Å². The van der Waals surface area contributed by atoms with Crippen LogP contribution in [0.3, 0.4) is 0 Å². The standard InChI is InChI=1S/C17H22O4/c1-11-10-13-15(21-9-8-20-13)14(12(11)2)17(16(18)19)6-4-3-5-7-17/h10H,3-9H2,1-2H3,(H,18,19). The third-order valence-electron chi connectivity index (χ3n) is 4.95. The van der Waals surface area contributed by atoms with Crippen LogP contribution in [0.1, 0.15) is 48.8 Å². The molecule has 1 aliphatic heterocycles. The zero-order valence-corrected chi connectivity index (χ0v) is 12.7. The van der Waals surface area contributed by atoms with Gasteiger partial charge in [0.2, 0.25) is 0 Å². The molecule has 0 aromatic heterocycles. The second-order valence-electron chi connectivity index (χ2n) is 6.17. The van der Waals surface area contributed by atoms with Gasteiger partial charge in [0.05, 0.1) is 5.41 Å². The number of hydrogen-bond donors (Lipinski definition) is 1. The lowest BCUT2D eigenvalue weighted by Crippen LogP contribution is -2.39. The Balaban J connectivity index is 2.24. The van der Waals surface area contributed by atoms with Gasteiger partial charge in [-0.05, 0) is 43.9 Å². The monoisotopic (exact) mass is 290 g/mol. The van der Waals surface area contributed by atoms with Gasteiger partial charge in [0.25, 0.3) is 0 Å². The van der Waals surface area contributed by atoms with Crippen LogP contribution in [0.15, 0.2) is 6.07 Å². The molecule has 0 atom stereocenters. The SMILES string of the molecule is Cc1cc2c(c(C3(C(=O)O)CCCCC3)c1C)OCCO2. The minimum Gasteiger partial charge on any atom is -0.486 e. The first kappa shape index (κ1) is 14.2. The lowest BCUT2D eigenvalue weighted by molar-refractivity contribution is -0.145. The van der Waals surface area contributed by atoms with Crippen LogP contribution >= 0.6 is 0 Å². The molecule has 0 saturated heterocycles. The van der Waals surface area contributed by atoms with Gasteiger partial charge in [-0.25, -0.2) is 0 Å². The summed E-state index contributed by atoms with van der Waals surface area (Å²) in [5.41, 5.74) is 2.13. The van der Waals surface area contributed by atoms with Crippen LogP contribution in [0.4, 0.5) is 0 Å². The largest absolute Gasteiger partial charge is 0.486 e. The number of carboxylic acid groups (broad SMARTS) is 1. The first-order valence-electron chi connectivity index (χ1n) is 7.70. The van der Waals surface area contributed by atoms with Gasteiger partial charge >= 0.3 is 5.97 Å². The van der Waals surface area contributed by atoms with Crippen LogP contribution in [0.5, 0.6) is 11.5 Å². The molecule has 0 bridgehead atoms. The molecule has 1 aliphatic carbocycles. The van der Waals surface area contributed by atoms with Crippen LogP contribution < -0.4 is 9.47 Å². The van der Waals surface area contributed by atoms with Crippen molar-refractivity contribution in [3.05, 3.63) is 22.8 Å². The summed E-state index contributed by atoms with van der Waals surface area (Å²) >= 11 is 0. The Bertz CT molecular complexity index is 571.